The Morgan fingerprint density at radius 3 is 2.79 bits per heavy atom. The van der Waals surface area contributed by atoms with Gasteiger partial charge in [0.25, 0.3) is 0 Å². The number of amides is 1. The van der Waals surface area contributed by atoms with Gasteiger partial charge in [0.2, 0.25) is 5.91 Å². The van der Waals surface area contributed by atoms with Crippen molar-refractivity contribution in [3.63, 3.8) is 0 Å². The molecule has 1 aliphatic rings. The number of nitrogens with one attached hydrogen (secondary N) is 1. The van der Waals surface area contributed by atoms with E-state index < -0.39 is 5.54 Å². The molecule has 0 aromatic heterocycles. The zero-order valence-electron chi connectivity index (χ0n) is 11.7. The summed E-state index contributed by atoms with van der Waals surface area (Å²) >= 11 is 0. The van der Waals surface area contributed by atoms with Crippen LogP contribution in [0.15, 0.2) is 30.3 Å². The van der Waals surface area contributed by atoms with E-state index in [1.54, 1.807) is 0 Å². The van der Waals surface area contributed by atoms with Gasteiger partial charge in [-0.25, -0.2) is 0 Å². The number of piperazine rings is 1. The number of carbonyl (C=O) groups is 1. The van der Waals surface area contributed by atoms with Crippen LogP contribution in [0.5, 0.6) is 5.75 Å². The summed E-state index contributed by atoms with van der Waals surface area (Å²) in [6, 6.07) is 9.77. The zero-order chi connectivity index (χ0) is 13.7. The summed E-state index contributed by atoms with van der Waals surface area (Å²) in [6.45, 7) is 6.91. The van der Waals surface area contributed by atoms with Crippen LogP contribution in [0.4, 0.5) is 0 Å². The Hall–Kier alpha value is -1.55. The monoisotopic (exact) mass is 262 g/mol. The van der Waals surface area contributed by atoms with E-state index in [1.807, 2.05) is 49.1 Å². The normalized spacial score (nSPS) is 18.4. The average Bonchev–Trinajstić information content (AvgIpc) is 2.40. The van der Waals surface area contributed by atoms with Crippen molar-refractivity contribution in [3.8, 4) is 5.75 Å². The summed E-state index contributed by atoms with van der Waals surface area (Å²) in [5.74, 6) is 1.06. The maximum Gasteiger partial charge on any atom is 0.242 e. The molecule has 0 saturated carbocycles. The Morgan fingerprint density at radius 2 is 2.05 bits per heavy atom. The molecule has 1 aliphatic heterocycles. The third kappa shape index (κ3) is 3.70. The molecular weight excluding hydrogens is 240 g/mol. The first kappa shape index (κ1) is 13.9. The third-order valence-corrected chi connectivity index (χ3v) is 3.35. The molecule has 1 N–H and O–H groups in total. The molecule has 4 nitrogen and oxygen atoms in total. The predicted octanol–water partition coefficient (Wildman–Crippen LogP) is 1.67. The lowest BCUT2D eigenvalue weighted by atomic mass is 10.0. The molecule has 1 fully saturated rings. The van der Waals surface area contributed by atoms with Gasteiger partial charge in [0.1, 0.15) is 5.75 Å². The summed E-state index contributed by atoms with van der Waals surface area (Å²) in [7, 11) is 0. The van der Waals surface area contributed by atoms with E-state index in [0.717, 1.165) is 31.8 Å². The van der Waals surface area contributed by atoms with Crippen LogP contribution in [-0.2, 0) is 4.79 Å². The number of rotatable bonds is 5. The molecule has 1 aromatic rings. The Morgan fingerprint density at radius 1 is 1.32 bits per heavy atom. The first-order valence-electron chi connectivity index (χ1n) is 6.82. The Kier molecular flexibility index (Phi) is 4.43. The molecule has 0 radical (unpaired) electrons. The van der Waals surface area contributed by atoms with Crippen molar-refractivity contribution in [2.24, 2.45) is 0 Å². The number of benzene rings is 1. The molecule has 19 heavy (non-hydrogen) atoms. The van der Waals surface area contributed by atoms with Crippen molar-refractivity contribution in [2.45, 2.75) is 25.8 Å². The lowest BCUT2D eigenvalue weighted by molar-refractivity contribution is -0.139. The summed E-state index contributed by atoms with van der Waals surface area (Å²) in [4.78, 5) is 14.1. The topological polar surface area (TPSA) is 41.6 Å². The van der Waals surface area contributed by atoms with E-state index in [1.165, 1.54) is 0 Å². The SMILES string of the molecule is CC1(C)NCCN(CCCOc2ccccc2)C1=O. The van der Waals surface area contributed by atoms with Crippen LogP contribution >= 0.6 is 0 Å². The van der Waals surface area contributed by atoms with E-state index in [2.05, 4.69) is 5.32 Å². The highest BCUT2D eigenvalue weighted by Crippen LogP contribution is 2.13. The van der Waals surface area contributed by atoms with Crippen molar-refractivity contribution >= 4 is 5.91 Å². The minimum atomic E-state index is -0.432. The van der Waals surface area contributed by atoms with Gasteiger partial charge in [-0.1, -0.05) is 18.2 Å². The fourth-order valence-corrected chi connectivity index (χ4v) is 2.25. The van der Waals surface area contributed by atoms with E-state index in [-0.39, 0.29) is 5.91 Å². The molecule has 1 amide bonds. The molecule has 0 atom stereocenters. The highest BCUT2D eigenvalue weighted by molar-refractivity contribution is 5.86. The molecule has 1 aromatic carbocycles. The fourth-order valence-electron chi connectivity index (χ4n) is 2.25. The quantitative estimate of drug-likeness (QED) is 0.821. The van der Waals surface area contributed by atoms with E-state index >= 15 is 0 Å². The minimum Gasteiger partial charge on any atom is -0.494 e. The maximum absolute atomic E-state index is 12.1. The predicted molar refractivity (Wildman–Crippen MR) is 75.2 cm³/mol. The van der Waals surface area contributed by atoms with Crippen LogP contribution in [0.2, 0.25) is 0 Å². The van der Waals surface area contributed by atoms with Gasteiger partial charge in [-0.3, -0.25) is 4.79 Å². The number of hydrogen-bond acceptors (Lipinski definition) is 3. The summed E-state index contributed by atoms with van der Waals surface area (Å²) in [5, 5.41) is 3.23. The Bertz CT molecular complexity index is 417. The minimum absolute atomic E-state index is 0.179. The molecular formula is C15H22N2O2. The van der Waals surface area contributed by atoms with Crippen LogP contribution in [0.1, 0.15) is 20.3 Å². The van der Waals surface area contributed by atoms with E-state index in [9.17, 15) is 4.79 Å². The van der Waals surface area contributed by atoms with Gasteiger partial charge in [0, 0.05) is 19.6 Å². The molecule has 2 rings (SSSR count). The van der Waals surface area contributed by atoms with E-state index in [0.29, 0.717) is 6.61 Å². The molecule has 0 bridgehead atoms. The van der Waals surface area contributed by atoms with Gasteiger partial charge in [-0.2, -0.15) is 0 Å². The van der Waals surface area contributed by atoms with Crippen molar-refractivity contribution < 1.29 is 9.53 Å². The molecule has 104 valence electrons. The largest absolute Gasteiger partial charge is 0.494 e. The van der Waals surface area contributed by atoms with Crippen LogP contribution in [0, 0.1) is 0 Å². The lowest BCUT2D eigenvalue weighted by Gasteiger charge is -2.38. The molecule has 0 aliphatic carbocycles. The van der Waals surface area contributed by atoms with Crippen molar-refractivity contribution in [1.29, 1.82) is 0 Å². The van der Waals surface area contributed by atoms with Gasteiger partial charge in [-0.05, 0) is 32.4 Å². The zero-order valence-corrected chi connectivity index (χ0v) is 11.7. The van der Waals surface area contributed by atoms with Crippen LogP contribution < -0.4 is 10.1 Å². The number of hydrogen-bond donors (Lipinski definition) is 1. The van der Waals surface area contributed by atoms with Gasteiger partial charge >= 0.3 is 0 Å². The molecule has 0 spiro atoms. The van der Waals surface area contributed by atoms with Gasteiger partial charge < -0.3 is 15.0 Å². The third-order valence-electron chi connectivity index (χ3n) is 3.35. The molecule has 1 saturated heterocycles. The first-order valence-corrected chi connectivity index (χ1v) is 6.82. The number of nitrogens with zero attached hydrogens (tertiary/aromatic N) is 1. The second-order valence-electron chi connectivity index (χ2n) is 5.36. The average molecular weight is 262 g/mol. The van der Waals surface area contributed by atoms with Gasteiger partial charge in [-0.15, -0.1) is 0 Å². The second kappa shape index (κ2) is 6.06. The van der Waals surface area contributed by atoms with Crippen molar-refractivity contribution in [1.82, 2.24) is 10.2 Å². The smallest absolute Gasteiger partial charge is 0.242 e. The highest BCUT2D eigenvalue weighted by Gasteiger charge is 2.34. The molecule has 0 unspecified atom stereocenters. The van der Waals surface area contributed by atoms with Crippen LogP contribution in [0.3, 0.4) is 0 Å². The maximum atomic E-state index is 12.1. The van der Waals surface area contributed by atoms with Gasteiger partial charge in [0.05, 0.1) is 12.1 Å². The lowest BCUT2D eigenvalue weighted by Crippen LogP contribution is -2.61. The molecule has 1 heterocycles. The second-order valence-corrected chi connectivity index (χ2v) is 5.36. The van der Waals surface area contributed by atoms with Crippen molar-refractivity contribution in [2.75, 3.05) is 26.2 Å². The highest BCUT2D eigenvalue weighted by atomic mass is 16.5. The number of ether oxygens (including phenoxy) is 1. The van der Waals surface area contributed by atoms with Gasteiger partial charge in [0.15, 0.2) is 0 Å². The summed E-state index contributed by atoms with van der Waals surface area (Å²) in [5.41, 5.74) is -0.432. The number of para-hydroxylation sites is 1. The first-order chi connectivity index (χ1) is 9.09. The Balaban J connectivity index is 1.72. The molecule has 4 heteroatoms. The number of carbonyl (C=O) groups excluding carboxylic acids is 1. The fraction of sp³-hybridized carbons (Fsp3) is 0.533. The Labute approximate surface area is 114 Å². The van der Waals surface area contributed by atoms with Crippen molar-refractivity contribution in [3.05, 3.63) is 30.3 Å². The summed E-state index contributed by atoms with van der Waals surface area (Å²) in [6.07, 6.45) is 0.858. The van der Waals surface area contributed by atoms with Crippen LogP contribution in [0.25, 0.3) is 0 Å². The standard InChI is InChI=1S/C15H22N2O2/c1-15(2)14(18)17(11-9-16-15)10-6-12-19-13-7-4-3-5-8-13/h3-5,7-8,16H,6,9-12H2,1-2H3. The summed E-state index contributed by atoms with van der Waals surface area (Å²) < 4.78 is 5.63. The van der Waals surface area contributed by atoms with E-state index in [4.69, 9.17) is 4.74 Å². The van der Waals surface area contributed by atoms with Crippen LogP contribution in [-0.4, -0.2) is 42.6 Å².